The predicted octanol–water partition coefficient (Wildman–Crippen LogP) is 4.70. The fourth-order valence-electron chi connectivity index (χ4n) is 1.15. The van der Waals surface area contributed by atoms with Gasteiger partial charge < -0.3 is 0 Å². The molecule has 0 unspecified atom stereocenters. The third kappa shape index (κ3) is 11.8. The van der Waals surface area contributed by atoms with Gasteiger partial charge in [-0.05, 0) is 38.5 Å². The molecule has 0 N–H and O–H groups in total. The maximum Gasteiger partial charge on any atom is 0.0223 e. The molecule has 0 aliphatic rings. The number of hydrogen-bond donors (Lipinski definition) is 0. The molecule has 0 saturated carbocycles. The molecular formula is C12H21Cl. The van der Waals surface area contributed by atoms with E-state index in [9.17, 15) is 0 Å². The van der Waals surface area contributed by atoms with E-state index in [4.69, 9.17) is 11.6 Å². The van der Waals surface area contributed by atoms with Crippen LogP contribution in [-0.2, 0) is 0 Å². The molecule has 0 fully saturated rings. The molecule has 0 heterocycles. The quantitative estimate of drug-likeness (QED) is 0.288. The summed E-state index contributed by atoms with van der Waals surface area (Å²) in [5.74, 6) is 0.809. The zero-order chi connectivity index (χ0) is 9.78. The van der Waals surface area contributed by atoms with Crippen molar-refractivity contribution in [3.05, 3.63) is 24.8 Å². The minimum atomic E-state index is 0.809. The molecule has 13 heavy (non-hydrogen) atoms. The summed E-state index contributed by atoms with van der Waals surface area (Å²) in [6.45, 7) is 3.69. The highest BCUT2D eigenvalue weighted by Gasteiger charge is 1.85. The first kappa shape index (κ1) is 12.8. The lowest BCUT2D eigenvalue weighted by atomic mass is 10.1. The Balaban J connectivity index is 2.98. The summed E-state index contributed by atoms with van der Waals surface area (Å²) in [6, 6.07) is 0. The molecule has 1 heteroatoms. The van der Waals surface area contributed by atoms with Crippen molar-refractivity contribution in [2.75, 3.05) is 5.88 Å². The number of unbranched alkanes of at least 4 members (excludes halogenated alkanes) is 5. The third-order valence-electron chi connectivity index (χ3n) is 1.95. The Morgan fingerprint density at radius 3 is 2.15 bits per heavy atom. The minimum Gasteiger partial charge on any atom is -0.127 e. The normalized spacial score (nSPS) is 10.8. The van der Waals surface area contributed by atoms with E-state index in [1.54, 1.807) is 0 Å². The Labute approximate surface area is 87.7 Å². The third-order valence-corrected chi connectivity index (χ3v) is 2.22. The highest BCUT2D eigenvalue weighted by Crippen LogP contribution is 2.03. The van der Waals surface area contributed by atoms with Crippen molar-refractivity contribution >= 4 is 11.6 Å². The Kier molecular flexibility index (Phi) is 11.6. The van der Waals surface area contributed by atoms with E-state index in [1.165, 1.54) is 32.1 Å². The highest BCUT2D eigenvalue weighted by atomic mass is 35.5. The van der Waals surface area contributed by atoms with Crippen LogP contribution in [0.15, 0.2) is 24.8 Å². The summed E-state index contributed by atoms with van der Waals surface area (Å²) in [6.07, 6.45) is 15.0. The lowest BCUT2D eigenvalue weighted by Gasteiger charge is -1.93. The number of hydrogen-bond acceptors (Lipinski definition) is 0. The maximum atomic E-state index is 5.57. The first-order chi connectivity index (χ1) is 6.41. The summed E-state index contributed by atoms with van der Waals surface area (Å²) in [7, 11) is 0. The van der Waals surface area contributed by atoms with Crippen LogP contribution >= 0.6 is 11.6 Å². The van der Waals surface area contributed by atoms with Gasteiger partial charge >= 0.3 is 0 Å². The molecule has 0 rings (SSSR count). The van der Waals surface area contributed by atoms with Crippen molar-refractivity contribution in [3.8, 4) is 0 Å². The van der Waals surface area contributed by atoms with Crippen molar-refractivity contribution < 1.29 is 0 Å². The van der Waals surface area contributed by atoms with Gasteiger partial charge in [-0.1, -0.05) is 24.6 Å². The fourth-order valence-corrected chi connectivity index (χ4v) is 1.34. The van der Waals surface area contributed by atoms with Gasteiger partial charge in [0.15, 0.2) is 0 Å². The lowest BCUT2D eigenvalue weighted by molar-refractivity contribution is 0.730. The summed E-state index contributed by atoms with van der Waals surface area (Å²) in [5, 5.41) is 0. The van der Waals surface area contributed by atoms with Gasteiger partial charge in [-0.25, -0.2) is 0 Å². The molecule has 0 radical (unpaired) electrons. The number of allylic oxidation sites excluding steroid dienone is 3. The average molecular weight is 201 g/mol. The first-order valence-corrected chi connectivity index (χ1v) is 5.77. The first-order valence-electron chi connectivity index (χ1n) is 5.23. The average Bonchev–Trinajstić information content (AvgIpc) is 2.16. The molecule has 0 bridgehead atoms. The predicted molar refractivity (Wildman–Crippen MR) is 62.4 cm³/mol. The molecule has 0 aromatic carbocycles. The zero-order valence-corrected chi connectivity index (χ0v) is 9.23. The van der Waals surface area contributed by atoms with Crippen molar-refractivity contribution in [3.63, 3.8) is 0 Å². The van der Waals surface area contributed by atoms with Crippen LogP contribution in [0, 0.1) is 0 Å². The number of alkyl halides is 1. The molecule has 0 aliphatic carbocycles. The highest BCUT2D eigenvalue weighted by molar-refractivity contribution is 6.17. The van der Waals surface area contributed by atoms with Crippen LogP contribution in [0.4, 0.5) is 0 Å². The molecule has 0 aromatic rings. The van der Waals surface area contributed by atoms with Crippen molar-refractivity contribution in [2.24, 2.45) is 0 Å². The van der Waals surface area contributed by atoms with E-state index < -0.39 is 0 Å². The van der Waals surface area contributed by atoms with Crippen LogP contribution in [0.1, 0.15) is 44.9 Å². The Morgan fingerprint density at radius 1 is 0.846 bits per heavy atom. The molecule has 76 valence electrons. The number of halogens is 1. The smallest absolute Gasteiger partial charge is 0.0223 e. The van der Waals surface area contributed by atoms with Crippen LogP contribution in [-0.4, -0.2) is 5.88 Å². The van der Waals surface area contributed by atoms with Gasteiger partial charge in [-0.2, -0.15) is 0 Å². The topological polar surface area (TPSA) is 0 Å². The molecule has 0 aliphatic heterocycles. The molecule has 0 nitrogen and oxygen atoms in total. The van der Waals surface area contributed by atoms with Crippen molar-refractivity contribution in [2.45, 2.75) is 44.9 Å². The van der Waals surface area contributed by atoms with Gasteiger partial charge in [-0.15, -0.1) is 18.2 Å². The fraction of sp³-hybridized carbons (Fsp3) is 0.667. The van der Waals surface area contributed by atoms with Gasteiger partial charge in [0.25, 0.3) is 0 Å². The largest absolute Gasteiger partial charge is 0.127 e. The second-order valence-electron chi connectivity index (χ2n) is 3.23. The summed E-state index contributed by atoms with van der Waals surface area (Å²) in [5.41, 5.74) is 0. The minimum absolute atomic E-state index is 0.809. The van der Waals surface area contributed by atoms with Crippen molar-refractivity contribution in [1.29, 1.82) is 0 Å². The monoisotopic (exact) mass is 200 g/mol. The van der Waals surface area contributed by atoms with Crippen LogP contribution in [0.5, 0.6) is 0 Å². The van der Waals surface area contributed by atoms with E-state index in [1.807, 2.05) is 6.08 Å². The molecule has 0 atom stereocenters. The van der Waals surface area contributed by atoms with Gasteiger partial charge in [0.05, 0.1) is 0 Å². The summed E-state index contributed by atoms with van der Waals surface area (Å²) in [4.78, 5) is 0. The lowest BCUT2D eigenvalue weighted by Crippen LogP contribution is -1.76. The molecule has 0 amide bonds. The molecular weight excluding hydrogens is 180 g/mol. The number of rotatable bonds is 9. The Bertz CT molecular complexity index is 127. The van der Waals surface area contributed by atoms with Crippen LogP contribution in [0.25, 0.3) is 0 Å². The van der Waals surface area contributed by atoms with Gasteiger partial charge in [-0.3, -0.25) is 0 Å². The van der Waals surface area contributed by atoms with Crippen LogP contribution in [0.3, 0.4) is 0 Å². The van der Waals surface area contributed by atoms with E-state index in [2.05, 4.69) is 18.7 Å². The standard InChI is InChI=1S/C12H21Cl/c1-2-3-4-5-6-7-8-9-10-11-12-13/h2,6-7H,1,3-5,8-12H2/b7-6+. The van der Waals surface area contributed by atoms with E-state index in [0.717, 1.165) is 18.7 Å². The van der Waals surface area contributed by atoms with E-state index in [0.29, 0.717) is 0 Å². The molecule has 0 spiro atoms. The Hall–Kier alpha value is -0.230. The van der Waals surface area contributed by atoms with Crippen molar-refractivity contribution in [1.82, 2.24) is 0 Å². The maximum absolute atomic E-state index is 5.57. The van der Waals surface area contributed by atoms with Crippen LogP contribution in [0.2, 0.25) is 0 Å². The van der Waals surface area contributed by atoms with E-state index in [-0.39, 0.29) is 0 Å². The van der Waals surface area contributed by atoms with Gasteiger partial charge in [0, 0.05) is 5.88 Å². The zero-order valence-electron chi connectivity index (χ0n) is 8.47. The Morgan fingerprint density at radius 2 is 1.54 bits per heavy atom. The second kappa shape index (κ2) is 11.8. The summed E-state index contributed by atoms with van der Waals surface area (Å²) < 4.78 is 0. The SMILES string of the molecule is C=CCCC/C=C/CCCCCCl. The second-order valence-corrected chi connectivity index (χ2v) is 3.61. The van der Waals surface area contributed by atoms with Crippen LogP contribution < -0.4 is 0 Å². The summed E-state index contributed by atoms with van der Waals surface area (Å²) >= 11 is 5.57. The van der Waals surface area contributed by atoms with E-state index >= 15 is 0 Å². The molecule has 0 aromatic heterocycles. The van der Waals surface area contributed by atoms with Gasteiger partial charge in [0.1, 0.15) is 0 Å². The van der Waals surface area contributed by atoms with Gasteiger partial charge in [0.2, 0.25) is 0 Å². The molecule has 0 saturated heterocycles.